The molecule has 2 rings (SSSR count). The van der Waals surface area contributed by atoms with E-state index in [9.17, 15) is 4.79 Å². The van der Waals surface area contributed by atoms with Crippen LogP contribution in [0.2, 0.25) is 0 Å². The van der Waals surface area contributed by atoms with Crippen LogP contribution in [0.5, 0.6) is 0 Å². The summed E-state index contributed by atoms with van der Waals surface area (Å²) in [4.78, 5) is 12.2. The number of furan rings is 1. The third-order valence-corrected chi connectivity index (χ3v) is 3.25. The second-order valence-electron chi connectivity index (χ2n) is 5.01. The van der Waals surface area contributed by atoms with Crippen LogP contribution in [0.1, 0.15) is 47.4 Å². The third-order valence-electron chi connectivity index (χ3n) is 3.25. The largest absolute Gasteiger partial charge is 0.467 e. The number of hydrogen-bond acceptors (Lipinski definition) is 2. The zero-order chi connectivity index (χ0) is 14.0. The number of aromatic nitrogens is 1. The predicted molar refractivity (Wildman–Crippen MR) is 74.2 cm³/mol. The molecule has 4 heteroatoms. The van der Waals surface area contributed by atoms with Gasteiger partial charge in [-0.3, -0.25) is 4.79 Å². The number of rotatable bonds is 4. The Morgan fingerprint density at radius 2 is 2.16 bits per heavy atom. The first-order valence-corrected chi connectivity index (χ1v) is 6.49. The average Bonchev–Trinajstić information content (AvgIpc) is 2.94. The van der Waals surface area contributed by atoms with Crippen molar-refractivity contribution in [3.8, 4) is 0 Å². The maximum Gasteiger partial charge on any atom is 0.253 e. The van der Waals surface area contributed by atoms with Crippen molar-refractivity contribution in [1.82, 2.24) is 9.88 Å². The topological polar surface area (TPSA) is 47.2 Å². The summed E-state index contributed by atoms with van der Waals surface area (Å²) in [6.07, 6.45) is 1.60. The fraction of sp³-hybridized carbons (Fsp3) is 0.400. The molecular formula is C15H20N2O2. The molecule has 0 aromatic carbocycles. The smallest absolute Gasteiger partial charge is 0.253 e. The summed E-state index contributed by atoms with van der Waals surface area (Å²) in [5.41, 5.74) is 2.85. The van der Waals surface area contributed by atoms with Crippen LogP contribution < -0.4 is 5.32 Å². The molecule has 0 saturated carbocycles. The van der Waals surface area contributed by atoms with Gasteiger partial charge in [0.25, 0.3) is 5.91 Å². The van der Waals surface area contributed by atoms with Gasteiger partial charge in [0.05, 0.1) is 18.4 Å². The molecule has 0 spiro atoms. The van der Waals surface area contributed by atoms with Crippen LogP contribution in [0.4, 0.5) is 0 Å². The monoisotopic (exact) mass is 260 g/mol. The summed E-state index contributed by atoms with van der Waals surface area (Å²) in [6.45, 7) is 8.65. The van der Waals surface area contributed by atoms with Gasteiger partial charge in [0.2, 0.25) is 0 Å². The molecule has 102 valence electrons. The zero-order valence-corrected chi connectivity index (χ0v) is 11.9. The normalized spacial score (nSPS) is 11.0. The number of carbonyl (C=O) groups excluding carboxylic acids is 1. The summed E-state index contributed by atoms with van der Waals surface area (Å²) in [5.74, 6) is 0.697. The molecule has 0 unspecified atom stereocenters. The summed E-state index contributed by atoms with van der Waals surface area (Å²) < 4.78 is 7.37. The second-order valence-corrected chi connectivity index (χ2v) is 5.01. The molecule has 0 aliphatic carbocycles. The molecule has 0 radical (unpaired) electrons. The summed E-state index contributed by atoms with van der Waals surface area (Å²) >= 11 is 0. The van der Waals surface area contributed by atoms with E-state index in [-0.39, 0.29) is 5.91 Å². The highest BCUT2D eigenvalue weighted by atomic mass is 16.3. The maximum absolute atomic E-state index is 12.2. The second kappa shape index (κ2) is 5.34. The van der Waals surface area contributed by atoms with Crippen molar-refractivity contribution >= 4 is 5.91 Å². The summed E-state index contributed by atoms with van der Waals surface area (Å²) in [6, 6.07) is 5.95. The molecule has 4 nitrogen and oxygen atoms in total. The SMILES string of the molecule is Cc1cc(C(=O)NCc2ccco2)c(C)n1C(C)C. The molecular weight excluding hydrogens is 240 g/mol. The van der Waals surface area contributed by atoms with Crippen molar-refractivity contribution in [1.29, 1.82) is 0 Å². The van der Waals surface area contributed by atoms with Gasteiger partial charge in [-0.05, 0) is 45.9 Å². The average molecular weight is 260 g/mol. The van der Waals surface area contributed by atoms with Crippen LogP contribution in [0.25, 0.3) is 0 Å². The van der Waals surface area contributed by atoms with Crippen molar-refractivity contribution < 1.29 is 9.21 Å². The Morgan fingerprint density at radius 1 is 1.42 bits per heavy atom. The molecule has 19 heavy (non-hydrogen) atoms. The quantitative estimate of drug-likeness (QED) is 0.917. The summed E-state index contributed by atoms with van der Waals surface area (Å²) in [5, 5.41) is 2.88. The molecule has 0 atom stereocenters. The van der Waals surface area contributed by atoms with E-state index in [0.29, 0.717) is 12.6 Å². The molecule has 2 aromatic heterocycles. The van der Waals surface area contributed by atoms with Gasteiger partial charge in [0.1, 0.15) is 5.76 Å². The number of nitrogens with zero attached hydrogens (tertiary/aromatic N) is 1. The van der Waals surface area contributed by atoms with Crippen molar-refractivity contribution in [3.63, 3.8) is 0 Å². The molecule has 0 saturated heterocycles. The van der Waals surface area contributed by atoms with Gasteiger partial charge in [0, 0.05) is 17.4 Å². The number of amides is 1. The minimum Gasteiger partial charge on any atom is -0.467 e. The van der Waals surface area contributed by atoms with E-state index in [2.05, 4.69) is 23.7 Å². The van der Waals surface area contributed by atoms with E-state index in [4.69, 9.17) is 4.42 Å². The fourth-order valence-electron chi connectivity index (χ4n) is 2.48. The lowest BCUT2D eigenvalue weighted by molar-refractivity contribution is 0.0947. The van der Waals surface area contributed by atoms with Crippen molar-refractivity contribution in [2.24, 2.45) is 0 Å². The lowest BCUT2D eigenvalue weighted by atomic mass is 10.2. The van der Waals surface area contributed by atoms with Crippen molar-refractivity contribution in [2.45, 2.75) is 40.3 Å². The van der Waals surface area contributed by atoms with Gasteiger partial charge in [-0.15, -0.1) is 0 Å². The number of aryl methyl sites for hydroxylation is 1. The minimum atomic E-state index is -0.0589. The van der Waals surface area contributed by atoms with Crippen LogP contribution in [0.3, 0.4) is 0 Å². The van der Waals surface area contributed by atoms with Gasteiger partial charge in [-0.2, -0.15) is 0 Å². The molecule has 0 fully saturated rings. The molecule has 0 bridgehead atoms. The lowest BCUT2D eigenvalue weighted by Crippen LogP contribution is -2.23. The third kappa shape index (κ3) is 2.72. The predicted octanol–water partition coefficient (Wildman–Crippen LogP) is 3.21. The van der Waals surface area contributed by atoms with Gasteiger partial charge in [-0.25, -0.2) is 0 Å². The molecule has 1 amide bonds. The standard InChI is InChI=1S/C15H20N2O2/c1-10(2)17-11(3)8-14(12(17)4)15(18)16-9-13-6-5-7-19-13/h5-8,10H,9H2,1-4H3,(H,16,18). The molecule has 0 aliphatic heterocycles. The Hall–Kier alpha value is -1.97. The molecule has 1 N–H and O–H groups in total. The first kappa shape index (κ1) is 13.5. The van der Waals surface area contributed by atoms with Crippen LogP contribution >= 0.6 is 0 Å². The van der Waals surface area contributed by atoms with Gasteiger partial charge in [0.15, 0.2) is 0 Å². The Bertz CT molecular complexity index is 565. The van der Waals surface area contributed by atoms with E-state index < -0.39 is 0 Å². The number of carbonyl (C=O) groups is 1. The van der Waals surface area contributed by atoms with Crippen molar-refractivity contribution in [2.75, 3.05) is 0 Å². The van der Waals surface area contributed by atoms with E-state index >= 15 is 0 Å². The van der Waals surface area contributed by atoms with E-state index in [1.54, 1.807) is 6.26 Å². The lowest BCUT2D eigenvalue weighted by Gasteiger charge is -2.13. The zero-order valence-electron chi connectivity index (χ0n) is 11.9. The molecule has 0 aliphatic rings. The Morgan fingerprint density at radius 3 is 2.68 bits per heavy atom. The van der Waals surface area contributed by atoms with Gasteiger partial charge >= 0.3 is 0 Å². The fourth-order valence-corrected chi connectivity index (χ4v) is 2.48. The Balaban J connectivity index is 2.13. The maximum atomic E-state index is 12.2. The van der Waals surface area contributed by atoms with Gasteiger partial charge < -0.3 is 14.3 Å². The molecule has 2 aromatic rings. The minimum absolute atomic E-state index is 0.0589. The van der Waals surface area contributed by atoms with E-state index in [0.717, 1.165) is 22.7 Å². The van der Waals surface area contributed by atoms with Crippen LogP contribution in [0, 0.1) is 13.8 Å². The van der Waals surface area contributed by atoms with E-state index in [1.807, 2.05) is 32.0 Å². The highest BCUT2D eigenvalue weighted by Gasteiger charge is 2.16. The van der Waals surface area contributed by atoms with Crippen LogP contribution in [-0.4, -0.2) is 10.5 Å². The van der Waals surface area contributed by atoms with Gasteiger partial charge in [-0.1, -0.05) is 0 Å². The Labute approximate surface area is 113 Å². The highest BCUT2D eigenvalue weighted by Crippen LogP contribution is 2.20. The number of nitrogens with one attached hydrogen (secondary N) is 1. The number of hydrogen-bond donors (Lipinski definition) is 1. The van der Waals surface area contributed by atoms with E-state index in [1.165, 1.54) is 0 Å². The van der Waals surface area contributed by atoms with Crippen LogP contribution in [0.15, 0.2) is 28.9 Å². The first-order valence-electron chi connectivity index (χ1n) is 6.49. The first-order chi connectivity index (χ1) is 9.00. The highest BCUT2D eigenvalue weighted by molar-refractivity contribution is 5.95. The molecule has 2 heterocycles. The Kier molecular flexibility index (Phi) is 3.79. The van der Waals surface area contributed by atoms with Crippen molar-refractivity contribution in [3.05, 3.63) is 47.2 Å². The van der Waals surface area contributed by atoms with Crippen LogP contribution in [-0.2, 0) is 6.54 Å². The summed E-state index contributed by atoms with van der Waals surface area (Å²) in [7, 11) is 0.